The van der Waals surface area contributed by atoms with Gasteiger partial charge in [-0.2, -0.15) is 5.10 Å². The number of carbonyl (C=O) groups excluding carboxylic acids is 1. The van der Waals surface area contributed by atoms with Crippen LogP contribution in [0.4, 0.5) is 0 Å². The molecule has 1 aliphatic carbocycles. The molecule has 0 radical (unpaired) electrons. The quantitative estimate of drug-likeness (QED) is 0.505. The maximum absolute atomic E-state index is 12.9. The molecule has 1 atom stereocenters. The minimum atomic E-state index is -0.0294. The summed E-state index contributed by atoms with van der Waals surface area (Å²) >= 11 is 0. The molecule has 2 aromatic carbocycles. The molecule has 2 heterocycles. The van der Waals surface area contributed by atoms with Crippen molar-refractivity contribution in [3.8, 4) is 0 Å². The van der Waals surface area contributed by atoms with Gasteiger partial charge in [0.1, 0.15) is 5.52 Å². The third-order valence-corrected chi connectivity index (χ3v) is 6.24. The molecule has 1 N–H and O–H groups in total. The minimum absolute atomic E-state index is 0.0223. The van der Waals surface area contributed by atoms with Gasteiger partial charge in [0.25, 0.3) is 0 Å². The fourth-order valence-electron chi connectivity index (χ4n) is 4.68. The van der Waals surface area contributed by atoms with Crippen molar-refractivity contribution in [2.24, 2.45) is 5.41 Å². The van der Waals surface area contributed by atoms with Crippen LogP contribution in [0.1, 0.15) is 49.6 Å². The van der Waals surface area contributed by atoms with Crippen molar-refractivity contribution in [2.75, 3.05) is 0 Å². The van der Waals surface area contributed by atoms with Crippen LogP contribution in [0.25, 0.3) is 11.0 Å². The van der Waals surface area contributed by atoms with Gasteiger partial charge in [0, 0.05) is 17.7 Å². The molecule has 164 valence electrons. The minimum Gasteiger partial charge on any atom is -0.349 e. The van der Waals surface area contributed by atoms with Crippen LogP contribution in [0.15, 0.2) is 60.8 Å². The van der Waals surface area contributed by atoms with Crippen molar-refractivity contribution in [1.29, 1.82) is 0 Å². The molecule has 7 nitrogen and oxygen atoms in total. The Morgan fingerprint density at radius 3 is 2.72 bits per heavy atom. The summed E-state index contributed by atoms with van der Waals surface area (Å²) in [5.41, 5.74) is 5.46. The molecule has 32 heavy (non-hydrogen) atoms. The average molecular weight is 429 g/mol. The van der Waals surface area contributed by atoms with Crippen LogP contribution >= 0.6 is 0 Å². The van der Waals surface area contributed by atoms with E-state index in [1.807, 2.05) is 36.5 Å². The first kappa shape index (κ1) is 20.4. The lowest BCUT2D eigenvalue weighted by Gasteiger charge is -2.36. The van der Waals surface area contributed by atoms with E-state index < -0.39 is 0 Å². The Labute approximate surface area is 187 Å². The molecule has 1 unspecified atom stereocenters. The molecule has 0 fully saturated rings. The highest BCUT2D eigenvalue weighted by Crippen LogP contribution is 2.40. The zero-order chi connectivity index (χ0) is 22.1. The topological polar surface area (TPSA) is 77.6 Å². The van der Waals surface area contributed by atoms with E-state index in [0.717, 1.165) is 36.0 Å². The SMILES string of the molecule is CC1(C)Cc2c(cnn2Cc2ccccc2)C(NC(=O)CCn2nnc3ccccc32)C1. The van der Waals surface area contributed by atoms with Gasteiger partial charge in [0.15, 0.2) is 0 Å². The Hall–Kier alpha value is -3.48. The number of rotatable bonds is 6. The van der Waals surface area contributed by atoms with E-state index in [0.29, 0.717) is 13.0 Å². The lowest BCUT2D eigenvalue weighted by atomic mass is 9.74. The summed E-state index contributed by atoms with van der Waals surface area (Å²) in [7, 11) is 0. The second kappa shape index (κ2) is 8.22. The lowest BCUT2D eigenvalue weighted by molar-refractivity contribution is -0.122. The Bertz CT molecular complexity index is 1240. The Morgan fingerprint density at radius 1 is 1.09 bits per heavy atom. The lowest BCUT2D eigenvalue weighted by Crippen LogP contribution is -2.37. The summed E-state index contributed by atoms with van der Waals surface area (Å²) in [6.45, 7) is 5.77. The number of benzene rings is 2. The molecule has 1 aliphatic rings. The van der Waals surface area contributed by atoms with Gasteiger partial charge in [-0.15, -0.1) is 5.10 Å². The Morgan fingerprint density at radius 2 is 1.88 bits per heavy atom. The van der Waals surface area contributed by atoms with Crippen LogP contribution in [0.3, 0.4) is 0 Å². The first-order chi connectivity index (χ1) is 15.5. The fourth-order valence-corrected chi connectivity index (χ4v) is 4.68. The first-order valence-corrected chi connectivity index (χ1v) is 11.1. The number of hydrogen-bond acceptors (Lipinski definition) is 4. The van der Waals surface area contributed by atoms with E-state index in [2.05, 4.69) is 63.5 Å². The number of para-hydroxylation sites is 1. The van der Waals surface area contributed by atoms with Crippen molar-refractivity contribution in [1.82, 2.24) is 30.1 Å². The molecular weight excluding hydrogens is 400 g/mol. The summed E-state index contributed by atoms with van der Waals surface area (Å²) in [5, 5.41) is 16.3. The predicted octanol–water partition coefficient (Wildman–Crippen LogP) is 3.90. The molecule has 7 heteroatoms. The van der Waals surface area contributed by atoms with Crippen LogP contribution < -0.4 is 5.32 Å². The molecule has 0 bridgehead atoms. The number of amides is 1. The number of fused-ring (bicyclic) bond motifs is 2. The third kappa shape index (κ3) is 4.15. The van der Waals surface area contributed by atoms with Crippen LogP contribution in [0.2, 0.25) is 0 Å². The van der Waals surface area contributed by atoms with Gasteiger partial charge < -0.3 is 5.32 Å². The Kier molecular flexibility index (Phi) is 5.25. The molecule has 5 rings (SSSR count). The van der Waals surface area contributed by atoms with Crippen molar-refractivity contribution in [2.45, 2.75) is 52.2 Å². The summed E-state index contributed by atoms with van der Waals surface area (Å²) < 4.78 is 3.88. The van der Waals surface area contributed by atoms with E-state index in [1.165, 1.54) is 11.3 Å². The van der Waals surface area contributed by atoms with Crippen LogP contribution in [0, 0.1) is 5.41 Å². The van der Waals surface area contributed by atoms with Crippen LogP contribution in [-0.2, 0) is 24.3 Å². The van der Waals surface area contributed by atoms with Crippen molar-refractivity contribution >= 4 is 16.9 Å². The number of nitrogens with one attached hydrogen (secondary N) is 1. The monoisotopic (exact) mass is 428 g/mol. The average Bonchev–Trinajstić information content (AvgIpc) is 3.36. The van der Waals surface area contributed by atoms with Crippen molar-refractivity contribution in [3.05, 3.63) is 77.6 Å². The Balaban J connectivity index is 1.30. The number of hydrogen-bond donors (Lipinski definition) is 1. The normalized spacial score (nSPS) is 17.2. The molecule has 2 aromatic heterocycles. The standard InChI is InChI=1S/C25H28N6O/c1-25(2)14-21(19-16-26-31(23(19)15-25)17-18-8-4-3-5-9-18)27-24(32)12-13-30-22-11-7-6-10-20(22)28-29-30/h3-11,16,21H,12-15,17H2,1-2H3,(H,27,32). The zero-order valence-corrected chi connectivity index (χ0v) is 18.5. The van der Waals surface area contributed by atoms with E-state index in [-0.39, 0.29) is 17.4 Å². The largest absolute Gasteiger partial charge is 0.349 e. The number of aromatic nitrogens is 5. The second-order valence-corrected chi connectivity index (χ2v) is 9.41. The van der Waals surface area contributed by atoms with Gasteiger partial charge in [0.05, 0.1) is 30.8 Å². The molecule has 0 saturated heterocycles. The highest BCUT2D eigenvalue weighted by molar-refractivity contribution is 5.77. The van der Waals surface area contributed by atoms with Gasteiger partial charge in [-0.25, -0.2) is 4.68 Å². The van der Waals surface area contributed by atoms with E-state index in [1.54, 1.807) is 4.68 Å². The van der Waals surface area contributed by atoms with E-state index in [9.17, 15) is 4.79 Å². The summed E-state index contributed by atoms with van der Waals surface area (Å²) in [4.78, 5) is 12.9. The molecule has 1 amide bonds. The molecule has 0 saturated carbocycles. The van der Waals surface area contributed by atoms with Gasteiger partial charge in [-0.05, 0) is 36.0 Å². The molecule has 0 aliphatic heterocycles. The van der Waals surface area contributed by atoms with Crippen molar-refractivity contribution < 1.29 is 4.79 Å². The van der Waals surface area contributed by atoms with Gasteiger partial charge in [-0.3, -0.25) is 9.48 Å². The number of nitrogens with zero attached hydrogens (tertiary/aromatic N) is 5. The maximum Gasteiger partial charge on any atom is 0.222 e. The van der Waals surface area contributed by atoms with Crippen molar-refractivity contribution in [3.63, 3.8) is 0 Å². The van der Waals surface area contributed by atoms with Gasteiger partial charge in [0.2, 0.25) is 5.91 Å². The molecule has 4 aromatic rings. The zero-order valence-electron chi connectivity index (χ0n) is 18.5. The van der Waals surface area contributed by atoms with E-state index in [4.69, 9.17) is 0 Å². The van der Waals surface area contributed by atoms with Crippen LogP contribution in [-0.4, -0.2) is 30.7 Å². The maximum atomic E-state index is 12.9. The third-order valence-electron chi connectivity index (χ3n) is 6.24. The fraction of sp³-hybridized carbons (Fsp3) is 0.360. The smallest absolute Gasteiger partial charge is 0.222 e. The summed E-state index contributed by atoms with van der Waals surface area (Å²) in [5.74, 6) is 0.0223. The highest BCUT2D eigenvalue weighted by atomic mass is 16.1. The predicted molar refractivity (Wildman–Crippen MR) is 123 cm³/mol. The second-order valence-electron chi connectivity index (χ2n) is 9.41. The number of aryl methyl sites for hydroxylation is 1. The molecular formula is C25H28N6O. The number of carbonyl (C=O) groups is 1. The summed E-state index contributed by atoms with van der Waals surface area (Å²) in [6, 6.07) is 18.1. The first-order valence-electron chi connectivity index (χ1n) is 11.1. The summed E-state index contributed by atoms with van der Waals surface area (Å²) in [6.07, 6.45) is 4.14. The highest BCUT2D eigenvalue weighted by Gasteiger charge is 2.35. The van der Waals surface area contributed by atoms with Gasteiger partial charge in [-0.1, -0.05) is 61.5 Å². The van der Waals surface area contributed by atoms with Gasteiger partial charge >= 0.3 is 0 Å². The molecule has 0 spiro atoms. The van der Waals surface area contributed by atoms with E-state index >= 15 is 0 Å². The van der Waals surface area contributed by atoms with Crippen LogP contribution in [0.5, 0.6) is 0 Å².